The lowest BCUT2D eigenvalue weighted by Crippen LogP contribution is -3.14. The third-order valence-corrected chi connectivity index (χ3v) is 5.33. The molecule has 94 valence electrons. The molecule has 1 nitrogen and oxygen atoms in total. The molecular weight excluding hydrogens is 218 g/mol. The van der Waals surface area contributed by atoms with Crippen LogP contribution in [0.2, 0.25) is 0 Å². The van der Waals surface area contributed by atoms with E-state index >= 15 is 0 Å². The van der Waals surface area contributed by atoms with E-state index in [1.807, 2.05) is 4.90 Å². The summed E-state index contributed by atoms with van der Waals surface area (Å²) in [7, 11) is 0. The molecule has 0 aromatic rings. The average molecular weight is 245 g/mol. The van der Waals surface area contributed by atoms with Crippen LogP contribution in [0, 0.1) is 17.8 Å². The number of hydrogen-bond donors (Lipinski definition) is 1. The van der Waals surface area contributed by atoms with E-state index in [9.17, 15) is 0 Å². The van der Waals surface area contributed by atoms with Crippen molar-refractivity contribution in [1.29, 1.82) is 0 Å². The summed E-state index contributed by atoms with van der Waals surface area (Å²) in [5, 5.41) is 0.478. The lowest BCUT2D eigenvalue weighted by molar-refractivity contribution is -0.913. The van der Waals surface area contributed by atoms with Crippen LogP contribution in [-0.4, -0.2) is 25.0 Å². The molecule has 1 N–H and O–H groups in total. The van der Waals surface area contributed by atoms with E-state index in [-0.39, 0.29) is 0 Å². The zero-order valence-electron chi connectivity index (χ0n) is 10.8. The summed E-state index contributed by atoms with van der Waals surface area (Å²) < 4.78 is 0. The zero-order chi connectivity index (χ0) is 11.5. The van der Waals surface area contributed by atoms with E-state index in [0.29, 0.717) is 5.38 Å². The summed E-state index contributed by atoms with van der Waals surface area (Å²) in [4.78, 5) is 1.86. The standard InChI is InChI=1S/C14H26ClN/c1-11-7-8-16(9-12(11)2)10-13-3-5-14(15)6-4-13/h11-14H,3-10H2,1-2H3/p+1. The Bertz CT molecular complexity index is 211. The number of nitrogens with one attached hydrogen (secondary N) is 1. The van der Waals surface area contributed by atoms with Crippen LogP contribution in [0.3, 0.4) is 0 Å². The van der Waals surface area contributed by atoms with Crippen LogP contribution >= 0.6 is 11.6 Å². The van der Waals surface area contributed by atoms with E-state index in [1.54, 1.807) is 0 Å². The molecule has 2 aliphatic rings. The molecule has 2 fully saturated rings. The molecule has 0 aromatic carbocycles. The number of piperidine rings is 1. The van der Waals surface area contributed by atoms with Crippen molar-refractivity contribution in [3.8, 4) is 0 Å². The van der Waals surface area contributed by atoms with E-state index in [2.05, 4.69) is 13.8 Å². The minimum atomic E-state index is 0.478. The molecule has 0 bridgehead atoms. The summed E-state index contributed by atoms with van der Waals surface area (Å²) in [6.07, 6.45) is 6.70. The van der Waals surface area contributed by atoms with Crippen LogP contribution in [0.25, 0.3) is 0 Å². The van der Waals surface area contributed by atoms with Gasteiger partial charge in [0.15, 0.2) is 0 Å². The van der Waals surface area contributed by atoms with Gasteiger partial charge in [0, 0.05) is 17.2 Å². The molecule has 1 heterocycles. The fraction of sp³-hybridized carbons (Fsp3) is 1.00. The molecule has 0 spiro atoms. The highest BCUT2D eigenvalue weighted by atomic mass is 35.5. The second kappa shape index (κ2) is 5.73. The van der Waals surface area contributed by atoms with E-state index < -0.39 is 0 Å². The third-order valence-electron chi connectivity index (χ3n) is 4.89. The second-order valence-corrected chi connectivity index (χ2v) is 6.89. The topological polar surface area (TPSA) is 4.44 Å². The molecule has 16 heavy (non-hydrogen) atoms. The van der Waals surface area contributed by atoms with E-state index in [1.165, 1.54) is 51.7 Å². The molecule has 0 aromatic heterocycles. The minimum absolute atomic E-state index is 0.478. The van der Waals surface area contributed by atoms with Crippen molar-refractivity contribution in [2.45, 2.75) is 51.3 Å². The monoisotopic (exact) mass is 244 g/mol. The molecule has 0 amide bonds. The lowest BCUT2D eigenvalue weighted by Gasteiger charge is -2.35. The van der Waals surface area contributed by atoms with Crippen molar-refractivity contribution in [3.05, 3.63) is 0 Å². The Morgan fingerprint density at radius 1 is 1.00 bits per heavy atom. The highest BCUT2D eigenvalue weighted by Gasteiger charge is 2.29. The van der Waals surface area contributed by atoms with Gasteiger partial charge in [-0.1, -0.05) is 13.8 Å². The molecule has 2 heteroatoms. The van der Waals surface area contributed by atoms with Gasteiger partial charge in [-0.2, -0.15) is 0 Å². The SMILES string of the molecule is CC1CC[NH+](CC2CCC(Cl)CC2)CC1C. The Morgan fingerprint density at radius 3 is 2.31 bits per heavy atom. The minimum Gasteiger partial charge on any atom is -0.334 e. The molecular formula is C14H27ClN+. The molecule has 3 atom stereocenters. The number of halogens is 1. The summed E-state index contributed by atoms with van der Waals surface area (Å²) in [5.41, 5.74) is 0. The maximum atomic E-state index is 6.16. The normalized spacial score (nSPS) is 45.6. The van der Waals surface area contributed by atoms with Crippen molar-refractivity contribution < 1.29 is 4.90 Å². The highest BCUT2D eigenvalue weighted by molar-refractivity contribution is 6.20. The van der Waals surface area contributed by atoms with Gasteiger partial charge in [0.05, 0.1) is 19.6 Å². The molecule has 1 saturated carbocycles. The van der Waals surface area contributed by atoms with Gasteiger partial charge in [-0.3, -0.25) is 0 Å². The largest absolute Gasteiger partial charge is 0.334 e. The molecule has 1 saturated heterocycles. The van der Waals surface area contributed by atoms with Crippen molar-refractivity contribution in [2.75, 3.05) is 19.6 Å². The fourth-order valence-corrected chi connectivity index (χ4v) is 3.65. The number of quaternary nitrogens is 1. The predicted octanol–water partition coefficient (Wildman–Crippen LogP) is 2.34. The first-order valence-electron chi connectivity index (χ1n) is 7.12. The summed E-state index contributed by atoms with van der Waals surface area (Å²) in [5.74, 6) is 2.83. The number of likely N-dealkylation sites (tertiary alicyclic amines) is 1. The van der Waals surface area contributed by atoms with Gasteiger partial charge in [-0.15, -0.1) is 11.6 Å². The summed E-state index contributed by atoms with van der Waals surface area (Å²) >= 11 is 6.16. The smallest absolute Gasteiger partial charge is 0.0799 e. The third kappa shape index (κ3) is 3.37. The van der Waals surface area contributed by atoms with Gasteiger partial charge in [0.1, 0.15) is 0 Å². The van der Waals surface area contributed by atoms with Crippen molar-refractivity contribution >= 4 is 11.6 Å². The van der Waals surface area contributed by atoms with Gasteiger partial charge in [0.25, 0.3) is 0 Å². The fourth-order valence-electron chi connectivity index (χ4n) is 3.39. The lowest BCUT2D eigenvalue weighted by atomic mass is 9.85. The second-order valence-electron chi connectivity index (χ2n) is 6.27. The zero-order valence-corrected chi connectivity index (χ0v) is 11.6. The van der Waals surface area contributed by atoms with Crippen LogP contribution in [0.1, 0.15) is 46.0 Å². The van der Waals surface area contributed by atoms with Crippen LogP contribution in [0.15, 0.2) is 0 Å². The van der Waals surface area contributed by atoms with Crippen LogP contribution in [0.4, 0.5) is 0 Å². The highest BCUT2D eigenvalue weighted by Crippen LogP contribution is 2.26. The Morgan fingerprint density at radius 2 is 1.69 bits per heavy atom. The number of rotatable bonds is 2. The van der Waals surface area contributed by atoms with Crippen molar-refractivity contribution in [3.63, 3.8) is 0 Å². The number of hydrogen-bond acceptors (Lipinski definition) is 0. The van der Waals surface area contributed by atoms with Gasteiger partial charge in [-0.05, 0) is 38.0 Å². The first-order valence-corrected chi connectivity index (χ1v) is 7.56. The van der Waals surface area contributed by atoms with Gasteiger partial charge < -0.3 is 4.90 Å². The van der Waals surface area contributed by atoms with Crippen LogP contribution in [-0.2, 0) is 0 Å². The van der Waals surface area contributed by atoms with Crippen molar-refractivity contribution in [1.82, 2.24) is 0 Å². The Hall–Kier alpha value is 0.250. The Labute approximate surface area is 106 Å². The van der Waals surface area contributed by atoms with E-state index in [0.717, 1.165) is 17.8 Å². The molecule has 3 unspecified atom stereocenters. The summed E-state index contributed by atoms with van der Waals surface area (Å²) in [6, 6.07) is 0. The first kappa shape index (κ1) is 12.7. The average Bonchev–Trinajstić information content (AvgIpc) is 2.27. The molecule has 2 rings (SSSR count). The molecule has 1 aliphatic heterocycles. The van der Waals surface area contributed by atoms with Gasteiger partial charge in [0.2, 0.25) is 0 Å². The maximum absolute atomic E-state index is 6.16. The molecule has 1 aliphatic carbocycles. The van der Waals surface area contributed by atoms with Gasteiger partial charge in [-0.25, -0.2) is 0 Å². The Balaban J connectivity index is 1.73. The quantitative estimate of drug-likeness (QED) is 0.712. The van der Waals surface area contributed by atoms with Crippen molar-refractivity contribution in [2.24, 2.45) is 17.8 Å². The number of alkyl halides is 1. The van der Waals surface area contributed by atoms with E-state index in [4.69, 9.17) is 11.6 Å². The van der Waals surface area contributed by atoms with Crippen LogP contribution in [0.5, 0.6) is 0 Å². The first-order chi connectivity index (χ1) is 7.65. The molecule has 0 radical (unpaired) electrons. The predicted molar refractivity (Wildman–Crippen MR) is 70.1 cm³/mol. The summed E-state index contributed by atoms with van der Waals surface area (Å²) in [6.45, 7) is 9.08. The van der Waals surface area contributed by atoms with Gasteiger partial charge >= 0.3 is 0 Å². The Kier molecular flexibility index (Phi) is 4.55. The van der Waals surface area contributed by atoms with Crippen LogP contribution < -0.4 is 4.90 Å². The maximum Gasteiger partial charge on any atom is 0.0799 e.